The summed E-state index contributed by atoms with van der Waals surface area (Å²) in [7, 11) is 0. The van der Waals surface area contributed by atoms with Crippen LogP contribution >= 0.6 is 0 Å². The van der Waals surface area contributed by atoms with Crippen LogP contribution in [0.3, 0.4) is 0 Å². The lowest BCUT2D eigenvalue weighted by atomic mass is 9.43. The van der Waals surface area contributed by atoms with E-state index in [0.717, 1.165) is 34.8 Å². The van der Waals surface area contributed by atoms with Crippen molar-refractivity contribution in [1.82, 2.24) is 0 Å². The van der Waals surface area contributed by atoms with Gasteiger partial charge in [0.15, 0.2) is 0 Å². The minimum atomic E-state index is 0.105. The second-order valence-electron chi connectivity index (χ2n) is 17.6. The zero-order chi connectivity index (χ0) is 34.5. The fraction of sp³-hybridized carbons (Fsp3) is 0.294. The van der Waals surface area contributed by atoms with Crippen molar-refractivity contribution in [1.29, 1.82) is 0 Å². The fourth-order valence-electron chi connectivity index (χ4n) is 13.8. The molecule has 0 aliphatic heterocycles. The molecule has 7 aliphatic rings. The molecule has 0 atom stereocenters. The second-order valence-corrected chi connectivity index (χ2v) is 17.6. The van der Waals surface area contributed by atoms with Gasteiger partial charge in [-0.05, 0) is 138 Å². The molecule has 0 radical (unpaired) electrons. The number of hydrogen-bond donors (Lipinski definition) is 0. The van der Waals surface area contributed by atoms with Crippen LogP contribution in [0.4, 0.5) is 17.1 Å². The van der Waals surface area contributed by atoms with Crippen molar-refractivity contribution >= 4 is 39.0 Å². The number of rotatable bonds is 3. The zero-order valence-corrected chi connectivity index (χ0v) is 30.2. The fourth-order valence-corrected chi connectivity index (χ4v) is 13.8. The first kappa shape index (κ1) is 29.4. The Labute approximate surface area is 311 Å². The molecule has 2 heteroatoms. The van der Waals surface area contributed by atoms with E-state index in [0.29, 0.717) is 0 Å². The third-order valence-electron chi connectivity index (χ3n) is 15.4. The van der Waals surface area contributed by atoms with Gasteiger partial charge in [-0.15, -0.1) is 0 Å². The molecule has 2 nitrogen and oxygen atoms in total. The van der Waals surface area contributed by atoms with Gasteiger partial charge in [0.1, 0.15) is 11.2 Å². The van der Waals surface area contributed by atoms with Crippen LogP contribution in [0, 0.1) is 23.7 Å². The molecule has 0 unspecified atom stereocenters. The molecule has 0 saturated heterocycles. The molecule has 7 aromatic rings. The molecule has 1 heterocycles. The molecule has 1 aromatic heterocycles. The Hall–Kier alpha value is -5.08. The van der Waals surface area contributed by atoms with Crippen molar-refractivity contribution in [2.75, 3.05) is 4.90 Å². The van der Waals surface area contributed by atoms with Crippen LogP contribution in [0.25, 0.3) is 44.2 Å². The summed E-state index contributed by atoms with van der Waals surface area (Å²) < 4.78 is 6.41. The Morgan fingerprint density at radius 3 is 1.83 bits per heavy atom. The first-order chi connectivity index (χ1) is 26.2. The standard InChI is InChI=1S/C51H43NO/c1-4-14-40-37(12-1)48-42(50(40)23-7-8-24-50)16-9-18-44(48)52(35-21-22-47-39(30-35)36-11-3-6-20-46(36)53-47)45-19-10-17-43-49(45)38-13-2-5-15-41(38)51(43)33-26-31-25-32(28-33)29-34(51)27-31/h1-6,9-22,30-34H,7-8,23-29H2. The van der Waals surface area contributed by atoms with Gasteiger partial charge in [-0.1, -0.05) is 104 Å². The molecule has 14 rings (SSSR count). The molecular weight excluding hydrogens is 643 g/mol. The van der Waals surface area contributed by atoms with E-state index in [4.69, 9.17) is 4.42 Å². The number of furan rings is 1. The van der Waals surface area contributed by atoms with Gasteiger partial charge in [-0.2, -0.15) is 0 Å². The van der Waals surface area contributed by atoms with Crippen LogP contribution < -0.4 is 4.90 Å². The van der Waals surface area contributed by atoms with Crippen molar-refractivity contribution in [2.45, 2.75) is 68.6 Å². The Morgan fingerprint density at radius 1 is 0.491 bits per heavy atom. The summed E-state index contributed by atoms with van der Waals surface area (Å²) in [5.74, 6) is 3.30. The summed E-state index contributed by atoms with van der Waals surface area (Å²) in [5.41, 5.74) is 18.0. The highest BCUT2D eigenvalue weighted by molar-refractivity contribution is 6.08. The first-order valence-corrected chi connectivity index (χ1v) is 20.4. The minimum absolute atomic E-state index is 0.105. The van der Waals surface area contributed by atoms with Gasteiger partial charge in [0.2, 0.25) is 0 Å². The van der Waals surface area contributed by atoms with E-state index in [1.165, 1.54) is 119 Å². The smallest absolute Gasteiger partial charge is 0.135 e. The Morgan fingerprint density at radius 2 is 1.08 bits per heavy atom. The van der Waals surface area contributed by atoms with Gasteiger partial charge < -0.3 is 9.32 Å². The lowest BCUT2D eigenvalue weighted by molar-refractivity contribution is -0.0399. The first-order valence-electron chi connectivity index (χ1n) is 20.4. The minimum Gasteiger partial charge on any atom is -0.456 e. The maximum Gasteiger partial charge on any atom is 0.135 e. The van der Waals surface area contributed by atoms with Crippen molar-refractivity contribution in [2.24, 2.45) is 23.7 Å². The summed E-state index contributed by atoms with van der Waals surface area (Å²) >= 11 is 0. The van der Waals surface area contributed by atoms with Crippen LogP contribution in [0.1, 0.15) is 80.0 Å². The summed E-state index contributed by atoms with van der Waals surface area (Å²) in [6.45, 7) is 0. The maximum absolute atomic E-state index is 6.41. The van der Waals surface area contributed by atoms with E-state index in [-0.39, 0.29) is 10.8 Å². The zero-order valence-electron chi connectivity index (χ0n) is 30.2. The van der Waals surface area contributed by atoms with Crippen LogP contribution in [-0.2, 0) is 10.8 Å². The highest BCUT2D eigenvalue weighted by Crippen LogP contribution is 2.71. The van der Waals surface area contributed by atoms with Gasteiger partial charge in [0.05, 0.1) is 11.4 Å². The largest absolute Gasteiger partial charge is 0.456 e. The van der Waals surface area contributed by atoms with Gasteiger partial charge in [0.25, 0.3) is 0 Å². The molecule has 0 N–H and O–H groups in total. The molecular formula is C51H43NO. The van der Waals surface area contributed by atoms with E-state index in [9.17, 15) is 0 Å². The summed E-state index contributed by atoms with van der Waals surface area (Å²) in [5, 5.41) is 2.35. The Kier molecular flexibility index (Phi) is 5.72. The number of anilines is 3. The third-order valence-corrected chi connectivity index (χ3v) is 15.4. The predicted octanol–water partition coefficient (Wildman–Crippen LogP) is 13.6. The number of hydrogen-bond acceptors (Lipinski definition) is 2. The Balaban J connectivity index is 1.12. The highest BCUT2D eigenvalue weighted by Gasteiger charge is 2.62. The van der Waals surface area contributed by atoms with Crippen molar-refractivity contribution in [3.8, 4) is 22.3 Å². The van der Waals surface area contributed by atoms with Crippen LogP contribution in [0.15, 0.2) is 132 Å². The molecule has 2 spiro atoms. The van der Waals surface area contributed by atoms with Gasteiger partial charge in [0, 0.05) is 38.4 Å². The molecule has 7 aliphatic carbocycles. The van der Waals surface area contributed by atoms with Gasteiger partial charge in [-0.25, -0.2) is 0 Å². The summed E-state index contributed by atoms with van der Waals surface area (Å²) in [6.07, 6.45) is 12.1. The normalized spacial score (nSPS) is 26.4. The lowest BCUT2D eigenvalue weighted by Crippen LogP contribution is -2.55. The number of para-hydroxylation sites is 1. The van der Waals surface area contributed by atoms with Crippen LogP contribution in [-0.4, -0.2) is 0 Å². The monoisotopic (exact) mass is 685 g/mol. The molecule has 0 amide bonds. The average Bonchev–Trinajstić information content (AvgIpc) is 3.96. The van der Waals surface area contributed by atoms with Crippen LogP contribution in [0.5, 0.6) is 0 Å². The van der Waals surface area contributed by atoms with Crippen molar-refractivity contribution in [3.63, 3.8) is 0 Å². The summed E-state index contributed by atoms with van der Waals surface area (Å²) in [6, 6.07) is 49.1. The van der Waals surface area contributed by atoms with E-state index in [2.05, 4.69) is 132 Å². The molecule has 5 fully saturated rings. The quantitative estimate of drug-likeness (QED) is 0.184. The predicted molar refractivity (Wildman–Crippen MR) is 216 cm³/mol. The average molecular weight is 686 g/mol. The third kappa shape index (κ3) is 3.61. The lowest BCUT2D eigenvalue weighted by Gasteiger charge is -2.61. The molecule has 53 heavy (non-hydrogen) atoms. The molecule has 5 saturated carbocycles. The molecule has 258 valence electrons. The maximum atomic E-state index is 6.41. The number of fused-ring (bicyclic) bond motifs is 11. The Bertz CT molecular complexity index is 2640. The number of benzene rings is 6. The SMILES string of the molecule is c1ccc2c(c1)-c1c(N(c3ccc4oc5ccccc5c4c3)c3cccc4c3-c3ccccc3C43C4CC5CC(C4)CC3C5)cccc1C21CCCC1. The summed E-state index contributed by atoms with van der Waals surface area (Å²) in [4.78, 5) is 2.66. The topological polar surface area (TPSA) is 16.4 Å². The van der Waals surface area contributed by atoms with E-state index >= 15 is 0 Å². The van der Waals surface area contributed by atoms with E-state index in [1.807, 2.05) is 0 Å². The number of nitrogens with zero attached hydrogens (tertiary/aromatic N) is 1. The second kappa shape index (κ2) is 10.3. The van der Waals surface area contributed by atoms with Crippen molar-refractivity contribution < 1.29 is 4.42 Å². The van der Waals surface area contributed by atoms with Gasteiger partial charge >= 0.3 is 0 Å². The van der Waals surface area contributed by atoms with E-state index < -0.39 is 0 Å². The highest BCUT2D eigenvalue weighted by atomic mass is 16.3. The van der Waals surface area contributed by atoms with Crippen LogP contribution in [0.2, 0.25) is 0 Å². The van der Waals surface area contributed by atoms with E-state index in [1.54, 1.807) is 11.1 Å². The van der Waals surface area contributed by atoms with Gasteiger partial charge in [-0.3, -0.25) is 0 Å². The van der Waals surface area contributed by atoms with Crippen molar-refractivity contribution in [3.05, 3.63) is 150 Å². The molecule has 6 aromatic carbocycles. The molecule has 4 bridgehead atoms.